The number of hydrogen-bond acceptors (Lipinski definition) is 4. The summed E-state index contributed by atoms with van der Waals surface area (Å²) in [7, 11) is 0. The Balaban J connectivity index is 2.81. The van der Waals surface area contributed by atoms with Crippen molar-refractivity contribution in [3.05, 3.63) is 0 Å². The Bertz CT molecular complexity index is 199. The molecule has 1 fully saturated rings. The van der Waals surface area contributed by atoms with Crippen LogP contribution in [0.15, 0.2) is 0 Å². The van der Waals surface area contributed by atoms with Crippen molar-refractivity contribution in [3.63, 3.8) is 0 Å². The van der Waals surface area contributed by atoms with E-state index in [0.717, 1.165) is 0 Å². The first kappa shape index (κ1) is 11.9. The molecule has 0 saturated carbocycles. The highest BCUT2D eigenvalue weighted by atomic mass is 16.5. The molecule has 0 bridgehead atoms. The van der Waals surface area contributed by atoms with Gasteiger partial charge in [-0.3, -0.25) is 0 Å². The van der Waals surface area contributed by atoms with Crippen LogP contribution >= 0.6 is 0 Å². The molecule has 0 radical (unpaired) electrons. The van der Waals surface area contributed by atoms with Gasteiger partial charge in [-0.2, -0.15) is 0 Å². The molecule has 1 saturated heterocycles. The van der Waals surface area contributed by atoms with Crippen molar-refractivity contribution in [2.24, 2.45) is 5.41 Å². The average molecular weight is 204 g/mol. The Morgan fingerprint density at radius 2 is 1.43 bits per heavy atom. The lowest BCUT2D eigenvalue weighted by atomic mass is 9.80. The molecule has 0 spiro atoms. The van der Waals surface area contributed by atoms with Gasteiger partial charge in [-0.05, 0) is 12.3 Å². The quantitative estimate of drug-likeness (QED) is 0.515. The van der Waals surface area contributed by atoms with Crippen LogP contribution < -0.4 is 0 Å². The van der Waals surface area contributed by atoms with Gasteiger partial charge >= 0.3 is 0 Å². The molecule has 0 amide bonds. The maximum atomic E-state index is 9.73. The van der Waals surface area contributed by atoms with E-state index in [1.807, 2.05) is 20.8 Å². The average Bonchev–Trinajstić information content (AvgIpc) is 2.06. The van der Waals surface area contributed by atoms with Gasteiger partial charge in [0, 0.05) is 0 Å². The predicted octanol–water partition coefficient (Wildman–Crippen LogP) is -0.0975. The number of aliphatic hydroxyl groups excluding tert-OH is 3. The van der Waals surface area contributed by atoms with Crippen molar-refractivity contribution in [2.45, 2.75) is 58.2 Å². The highest BCUT2D eigenvalue weighted by Crippen LogP contribution is 2.32. The molecular formula is C10H20O4. The van der Waals surface area contributed by atoms with E-state index in [2.05, 4.69) is 0 Å². The maximum Gasteiger partial charge on any atom is 0.111 e. The van der Waals surface area contributed by atoms with Crippen LogP contribution in [0.4, 0.5) is 0 Å². The summed E-state index contributed by atoms with van der Waals surface area (Å²) in [6.45, 7) is 7.48. The van der Waals surface area contributed by atoms with Gasteiger partial charge in [0.15, 0.2) is 0 Å². The minimum Gasteiger partial charge on any atom is -0.388 e. The molecule has 1 rings (SSSR count). The molecule has 84 valence electrons. The van der Waals surface area contributed by atoms with Gasteiger partial charge in [0.05, 0.1) is 12.2 Å². The second-order valence-electron chi connectivity index (χ2n) is 5.10. The summed E-state index contributed by atoms with van der Waals surface area (Å²) in [5.41, 5.74) is -0.255. The van der Waals surface area contributed by atoms with Crippen LogP contribution in [0.2, 0.25) is 0 Å². The van der Waals surface area contributed by atoms with E-state index in [4.69, 9.17) is 4.74 Å². The molecule has 3 unspecified atom stereocenters. The standard InChI is InChI=1S/C10H20O4/c1-5-6(11)7(12)8(13)9(14-5)10(2,3)4/h5-9,11-13H,1-4H3/t5?,6-,7?,8?,9+/m0/s1. The van der Waals surface area contributed by atoms with Gasteiger partial charge in [-0.25, -0.2) is 0 Å². The lowest BCUT2D eigenvalue weighted by Gasteiger charge is -2.44. The first-order valence-corrected chi connectivity index (χ1v) is 4.95. The minimum atomic E-state index is -1.12. The molecule has 0 aromatic heterocycles. The van der Waals surface area contributed by atoms with Gasteiger partial charge in [0.25, 0.3) is 0 Å². The van der Waals surface area contributed by atoms with Crippen molar-refractivity contribution in [3.8, 4) is 0 Å². The fourth-order valence-corrected chi connectivity index (χ4v) is 1.77. The molecule has 3 N–H and O–H groups in total. The monoisotopic (exact) mass is 204 g/mol. The normalized spacial score (nSPS) is 45.2. The summed E-state index contributed by atoms with van der Waals surface area (Å²) >= 11 is 0. The third kappa shape index (κ3) is 2.08. The smallest absolute Gasteiger partial charge is 0.111 e. The first-order chi connectivity index (χ1) is 6.25. The lowest BCUT2D eigenvalue weighted by molar-refractivity contribution is -0.239. The Morgan fingerprint density at radius 1 is 0.929 bits per heavy atom. The zero-order chi connectivity index (χ0) is 11.1. The Hall–Kier alpha value is -0.160. The summed E-state index contributed by atoms with van der Waals surface area (Å²) in [6, 6.07) is 0. The molecular weight excluding hydrogens is 184 g/mol. The van der Waals surface area contributed by atoms with Crippen LogP contribution in [-0.2, 0) is 4.74 Å². The van der Waals surface area contributed by atoms with Gasteiger partial charge in [0.2, 0.25) is 0 Å². The predicted molar refractivity (Wildman–Crippen MR) is 51.8 cm³/mol. The first-order valence-electron chi connectivity index (χ1n) is 4.95. The van der Waals surface area contributed by atoms with E-state index in [0.29, 0.717) is 0 Å². The summed E-state index contributed by atoms with van der Waals surface area (Å²) in [4.78, 5) is 0. The van der Waals surface area contributed by atoms with E-state index in [1.54, 1.807) is 6.92 Å². The van der Waals surface area contributed by atoms with E-state index in [1.165, 1.54) is 0 Å². The highest BCUT2D eigenvalue weighted by Gasteiger charge is 2.46. The van der Waals surface area contributed by atoms with Crippen LogP contribution in [0, 0.1) is 5.41 Å². The van der Waals surface area contributed by atoms with Gasteiger partial charge < -0.3 is 20.1 Å². The molecule has 1 heterocycles. The molecule has 1 aliphatic heterocycles. The zero-order valence-electron chi connectivity index (χ0n) is 9.14. The van der Waals surface area contributed by atoms with Crippen LogP contribution in [0.5, 0.6) is 0 Å². The fraction of sp³-hybridized carbons (Fsp3) is 1.00. The SMILES string of the molecule is CC1O[C@@H](C(C)(C)C)C(O)C(O)[C@H]1O. The summed E-state index contributed by atoms with van der Waals surface area (Å²) in [6.07, 6.45) is -4.05. The maximum absolute atomic E-state index is 9.73. The van der Waals surface area contributed by atoms with Crippen molar-refractivity contribution in [1.29, 1.82) is 0 Å². The van der Waals surface area contributed by atoms with E-state index >= 15 is 0 Å². The molecule has 0 aromatic rings. The number of aliphatic hydroxyl groups is 3. The van der Waals surface area contributed by atoms with Gasteiger partial charge in [-0.1, -0.05) is 20.8 Å². The number of hydrogen-bond donors (Lipinski definition) is 3. The Morgan fingerprint density at radius 3 is 1.86 bits per heavy atom. The van der Waals surface area contributed by atoms with Crippen LogP contribution in [0.25, 0.3) is 0 Å². The molecule has 0 aliphatic carbocycles. The molecule has 4 heteroatoms. The highest BCUT2D eigenvalue weighted by molar-refractivity contribution is 4.95. The van der Waals surface area contributed by atoms with E-state index < -0.39 is 30.5 Å². The Labute approximate surface area is 84.5 Å². The summed E-state index contributed by atoms with van der Waals surface area (Å²) in [5, 5.41) is 28.8. The lowest BCUT2D eigenvalue weighted by Crippen LogP contribution is -2.59. The topological polar surface area (TPSA) is 69.9 Å². The molecule has 5 atom stereocenters. The third-order valence-corrected chi connectivity index (χ3v) is 2.71. The van der Waals surface area contributed by atoms with Crippen LogP contribution in [-0.4, -0.2) is 45.8 Å². The third-order valence-electron chi connectivity index (χ3n) is 2.71. The van der Waals surface area contributed by atoms with Gasteiger partial charge in [-0.15, -0.1) is 0 Å². The Kier molecular flexibility index (Phi) is 3.21. The molecule has 0 aromatic carbocycles. The van der Waals surface area contributed by atoms with Crippen molar-refractivity contribution in [1.82, 2.24) is 0 Å². The van der Waals surface area contributed by atoms with Crippen molar-refractivity contribution < 1.29 is 20.1 Å². The largest absolute Gasteiger partial charge is 0.388 e. The number of rotatable bonds is 0. The second kappa shape index (κ2) is 3.77. The second-order valence-corrected chi connectivity index (χ2v) is 5.10. The molecule has 14 heavy (non-hydrogen) atoms. The zero-order valence-corrected chi connectivity index (χ0v) is 9.14. The minimum absolute atomic E-state index is 0.255. The van der Waals surface area contributed by atoms with Crippen LogP contribution in [0.3, 0.4) is 0 Å². The number of ether oxygens (including phenoxy) is 1. The molecule has 1 aliphatic rings. The van der Waals surface area contributed by atoms with Crippen molar-refractivity contribution in [2.75, 3.05) is 0 Å². The summed E-state index contributed by atoms with van der Waals surface area (Å²) in [5.74, 6) is 0. The fourth-order valence-electron chi connectivity index (χ4n) is 1.77. The van der Waals surface area contributed by atoms with E-state index in [9.17, 15) is 15.3 Å². The van der Waals surface area contributed by atoms with E-state index in [-0.39, 0.29) is 5.41 Å². The molecule has 4 nitrogen and oxygen atoms in total. The van der Waals surface area contributed by atoms with Gasteiger partial charge in [0.1, 0.15) is 18.3 Å². The van der Waals surface area contributed by atoms with Crippen LogP contribution in [0.1, 0.15) is 27.7 Å². The van der Waals surface area contributed by atoms with Crippen molar-refractivity contribution >= 4 is 0 Å². The summed E-state index contributed by atoms with van der Waals surface area (Å²) < 4.78 is 5.49.